The molecule has 0 amide bonds. The molecule has 5 nitrogen and oxygen atoms in total. The van der Waals surface area contributed by atoms with Crippen LogP contribution in [0.4, 0.5) is 10.8 Å². The molecular weight excluding hydrogens is 320 g/mol. The first-order valence-corrected chi connectivity index (χ1v) is 8.47. The Bertz CT molecular complexity index is 1140. The molecule has 0 unspecified atom stereocenters. The maximum Gasteiger partial charge on any atom is 0.283 e. The van der Waals surface area contributed by atoms with Gasteiger partial charge >= 0.3 is 0 Å². The second-order valence-corrected chi connectivity index (χ2v) is 6.94. The highest BCUT2D eigenvalue weighted by atomic mass is 32.1. The minimum absolute atomic E-state index is 0.135. The molecule has 0 aliphatic carbocycles. The van der Waals surface area contributed by atoms with E-state index in [2.05, 4.69) is 33.6 Å². The Labute approximate surface area is 142 Å². The van der Waals surface area contributed by atoms with E-state index in [9.17, 15) is 4.79 Å². The van der Waals surface area contributed by atoms with Crippen LogP contribution in [-0.2, 0) is 0 Å². The van der Waals surface area contributed by atoms with Crippen molar-refractivity contribution in [2.24, 2.45) is 0 Å². The molecule has 0 saturated heterocycles. The van der Waals surface area contributed by atoms with Gasteiger partial charge in [0.1, 0.15) is 0 Å². The lowest BCUT2D eigenvalue weighted by molar-refractivity contribution is 0.919. The third-order valence-electron chi connectivity index (χ3n) is 3.99. The molecule has 6 heteroatoms. The minimum Gasteiger partial charge on any atom is -0.330 e. The van der Waals surface area contributed by atoms with Gasteiger partial charge in [-0.15, -0.1) is 5.10 Å². The Morgan fingerprint density at radius 1 is 1.04 bits per heavy atom. The zero-order chi connectivity index (χ0) is 16.8. The number of rotatable bonds is 2. The largest absolute Gasteiger partial charge is 0.330 e. The normalized spacial score (nSPS) is 11.3. The molecule has 0 bridgehead atoms. The van der Waals surface area contributed by atoms with Crippen molar-refractivity contribution in [2.75, 3.05) is 5.32 Å². The Morgan fingerprint density at radius 3 is 2.62 bits per heavy atom. The number of nitrogens with one attached hydrogen (secondary N) is 1. The molecule has 0 spiro atoms. The van der Waals surface area contributed by atoms with E-state index in [1.807, 2.05) is 39.0 Å². The average Bonchev–Trinajstić information content (AvgIpc) is 2.95. The summed E-state index contributed by atoms with van der Waals surface area (Å²) >= 11 is 1.37. The molecule has 0 radical (unpaired) electrons. The van der Waals surface area contributed by atoms with Gasteiger partial charge in [0.05, 0.1) is 10.9 Å². The Hall–Kier alpha value is -2.73. The first kappa shape index (κ1) is 14.8. The number of hydrogen-bond donors (Lipinski definition) is 1. The van der Waals surface area contributed by atoms with Crippen LogP contribution in [0, 0.1) is 20.8 Å². The van der Waals surface area contributed by atoms with Crippen molar-refractivity contribution in [1.82, 2.24) is 14.6 Å². The summed E-state index contributed by atoms with van der Waals surface area (Å²) in [6, 6.07) is 11.9. The molecule has 0 fully saturated rings. The molecule has 2 aromatic carbocycles. The molecule has 24 heavy (non-hydrogen) atoms. The Balaban J connectivity index is 1.86. The van der Waals surface area contributed by atoms with Crippen LogP contribution < -0.4 is 10.9 Å². The highest BCUT2D eigenvalue weighted by Gasteiger charge is 2.12. The van der Waals surface area contributed by atoms with Crippen LogP contribution in [0.5, 0.6) is 0 Å². The predicted octanol–water partition coefficient (Wildman–Crippen LogP) is 3.97. The molecule has 2 aromatic heterocycles. The van der Waals surface area contributed by atoms with Gasteiger partial charge in [-0.1, -0.05) is 35.1 Å². The van der Waals surface area contributed by atoms with Gasteiger partial charge in [0.25, 0.3) is 5.56 Å². The second kappa shape index (κ2) is 5.42. The Kier molecular flexibility index (Phi) is 3.35. The fraction of sp³-hybridized carbons (Fsp3) is 0.167. The number of fused-ring (bicyclic) bond motifs is 2. The van der Waals surface area contributed by atoms with Crippen molar-refractivity contribution in [3.05, 3.63) is 63.4 Å². The monoisotopic (exact) mass is 336 g/mol. The fourth-order valence-corrected chi connectivity index (χ4v) is 3.47. The predicted molar refractivity (Wildman–Crippen MR) is 98.6 cm³/mol. The number of anilines is 2. The highest BCUT2D eigenvalue weighted by Crippen LogP contribution is 2.25. The van der Waals surface area contributed by atoms with Gasteiger partial charge in [0.2, 0.25) is 10.1 Å². The van der Waals surface area contributed by atoms with Gasteiger partial charge in [-0.05, 0) is 50.1 Å². The van der Waals surface area contributed by atoms with Gasteiger partial charge in [-0.3, -0.25) is 4.79 Å². The van der Waals surface area contributed by atoms with Gasteiger partial charge < -0.3 is 5.32 Å². The minimum atomic E-state index is -0.135. The van der Waals surface area contributed by atoms with E-state index in [0.29, 0.717) is 21.0 Å². The lowest BCUT2D eigenvalue weighted by Crippen LogP contribution is -2.15. The topological polar surface area (TPSA) is 59.3 Å². The number of benzene rings is 2. The van der Waals surface area contributed by atoms with E-state index >= 15 is 0 Å². The molecule has 0 atom stereocenters. The van der Waals surface area contributed by atoms with Crippen molar-refractivity contribution in [2.45, 2.75) is 20.8 Å². The van der Waals surface area contributed by atoms with E-state index < -0.39 is 0 Å². The van der Waals surface area contributed by atoms with E-state index in [-0.39, 0.29) is 5.56 Å². The zero-order valence-corrected chi connectivity index (χ0v) is 14.4. The maximum absolute atomic E-state index is 12.7. The van der Waals surface area contributed by atoms with E-state index in [1.165, 1.54) is 21.4 Å². The molecule has 0 aliphatic heterocycles. The third kappa shape index (κ3) is 2.45. The van der Waals surface area contributed by atoms with Crippen LogP contribution in [0.2, 0.25) is 0 Å². The van der Waals surface area contributed by atoms with Crippen LogP contribution in [0.3, 0.4) is 0 Å². The van der Waals surface area contributed by atoms with Crippen LogP contribution in [0.15, 0.2) is 41.2 Å². The van der Waals surface area contributed by atoms with Gasteiger partial charge in [0, 0.05) is 5.69 Å². The summed E-state index contributed by atoms with van der Waals surface area (Å²) in [4.78, 5) is 17.8. The first-order valence-electron chi connectivity index (χ1n) is 7.66. The van der Waals surface area contributed by atoms with E-state index in [4.69, 9.17) is 0 Å². The summed E-state index contributed by atoms with van der Waals surface area (Å²) in [7, 11) is 0. The van der Waals surface area contributed by atoms with Crippen LogP contribution in [0.25, 0.3) is 15.9 Å². The van der Waals surface area contributed by atoms with E-state index in [1.54, 1.807) is 0 Å². The molecule has 4 aromatic rings. The quantitative estimate of drug-likeness (QED) is 0.602. The fourth-order valence-electron chi connectivity index (χ4n) is 2.66. The molecule has 1 N–H and O–H groups in total. The molecule has 120 valence electrons. The number of nitrogens with zero attached hydrogens (tertiary/aromatic N) is 3. The van der Waals surface area contributed by atoms with Crippen molar-refractivity contribution >= 4 is 38.0 Å². The zero-order valence-electron chi connectivity index (χ0n) is 13.6. The lowest BCUT2D eigenvalue weighted by atomic mass is 10.1. The summed E-state index contributed by atoms with van der Waals surface area (Å²) < 4.78 is 1.37. The summed E-state index contributed by atoms with van der Waals surface area (Å²) in [6.45, 7) is 6.04. The van der Waals surface area contributed by atoms with Gasteiger partial charge in [0.15, 0.2) is 0 Å². The van der Waals surface area contributed by atoms with E-state index in [0.717, 1.165) is 16.8 Å². The first-order chi connectivity index (χ1) is 11.5. The number of aryl methyl sites for hydroxylation is 3. The molecule has 2 heterocycles. The van der Waals surface area contributed by atoms with Crippen molar-refractivity contribution in [3.63, 3.8) is 0 Å². The Morgan fingerprint density at radius 2 is 1.79 bits per heavy atom. The summed E-state index contributed by atoms with van der Waals surface area (Å²) in [5.41, 5.74) is 4.88. The highest BCUT2D eigenvalue weighted by molar-refractivity contribution is 7.20. The smallest absolute Gasteiger partial charge is 0.283 e. The molecule has 0 aliphatic rings. The average molecular weight is 336 g/mol. The molecule has 0 saturated carbocycles. The standard InChI is InChI=1S/C18H16N4OS/c1-10-5-7-14-13(8-10)16(23)22-18(20-14)24-17(21-22)19-15-9-11(2)4-6-12(15)3/h4-9H,1-3H3,(H,19,21). The van der Waals surface area contributed by atoms with Crippen LogP contribution >= 0.6 is 11.3 Å². The van der Waals surface area contributed by atoms with Crippen molar-refractivity contribution < 1.29 is 0 Å². The summed E-state index contributed by atoms with van der Waals surface area (Å²) in [5.74, 6) is 0. The lowest BCUT2D eigenvalue weighted by Gasteiger charge is -2.06. The van der Waals surface area contributed by atoms with Crippen molar-refractivity contribution in [3.8, 4) is 0 Å². The molecule has 4 rings (SSSR count). The second-order valence-electron chi connectivity index (χ2n) is 5.98. The van der Waals surface area contributed by atoms with Crippen LogP contribution in [-0.4, -0.2) is 14.6 Å². The maximum atomic E-state index is 12.7. The van der Waals surface area contributed by atoms with Gasteiger partial charge in [-0.2, -0.15) is 4.52 Å². The number of hydrogen-bond acceptors (Lipinski definition) is 5. The van der Waals surface area contributed by atoms with Crippen LogP contribution in [0.1, 0.15) is 16.7 Å². The third-order valence-corrected chi connectivity index (χ3v) is 4.81. The summed E-state index contributed by atoms with van der Waals surface area (Å²) in [5, 5.41) is 8.96. The SMILES string of the molecule is Cc1ccc(C)c(Nc2nn3c(=O)c4cc(C)ccc4nc3s2)c1. The van der Waals surface area contributed by atoms with Crippen molar-refractivity contribution in [1.29, 1.82) is 0 Å². The van der Waals surface area contributed by atoms with Gasteiger partial charge in [-0.25, -0.2) is 4.98 Å². The summed E-state index contributed by atoms with van der Waals surface area (Å²) in [6.07, 6.45) is 0. The molecular formula is C18H16N4OS. The number of aromatic nitrogens is 3.